The van der Waals surface area contributed by atoms with Crippen LogP contribution in [0.4, 0.5) is 0 Å². The van der Waals surface area contributed by atoms with Gasteiger partial charge < -0.3 is 37.2 Å². The number of methoxy groups -OCH3 is 2. The summed E-state index contributed by atoms with van der Waals surface area (Å²) in [6.07, 6.45) is -1.24. The first kappa shape index (κ1) is 50.5. The molecule has 3 aromatic carbocycles. The number of thiol groups is 1. The Morgan fingerprint density at radius 1 is 0.716 bits per heavy atom. The SMILES string of the molecule is COc1ccc(C(OCC2OC(n3cc(C)c(=O)[nH]c3=O)CC2OP(=S)(S)OCC2OC(n3cc(C)c(=O)[nH]c3=O)CC2O[Si](C)(C)C(C)(C)C)(c2ccccc2)c2ccc(OC)cc2)cc1. The van der Waals surface area contributed by atoms with E-state index in [1.807, 2.05) is 78.9 Å². The number of aryl methyl sites for hydroxylation is 2. The van der Waals surface area contributed by atoms with Crippen LogP contribution in [0.25, 0.3) is 0 Å². The fraction of sp³-hybridized carbons (Fsp3) is 0.447. The molecule has 2 N–H and O–H groups in total. The lowest BCUT2D eigenvalue weighted by Crippen LogP contribution is -2.46. The zero-order chi connectivity index (χ0) is 48.5. The van der Waals surface area contributed by atoms with Crippen LogP contribution >= 0.6 is 17.9 Å². The zero-order valence-electron chi connectivity index (χ0n) is 39.0. The van der Waals surface area contributed by atoms with Gasteiger partial charge in [-0.2, -0.15) is 0 Å². The third-order valence-electron chi connectivity index (χ3n) is 12.8. The van der Waals surface area contributed by atoms with E-state index in [1.54, 1.807) is 28.1 Å². The maximum atomic E-state index is 13.3. The molecule has 7 rings (SSSR count). The van der Waals surface area contributed by atoms with Crippen LogP contribution in [0.2, 0.25) is 18.1 Å². The Morgan fingerprint density at radius 3 is 1.63 bits per heavy atom. The first-order valence-electron chi connectivity index (χ1n) is 21.9. The van der Waals surface area contributed by atoms with Crippen molar-refractivity contribution >= 4 is 38.1 Å². The standard InChI is InChI=1S/C47H59N4O12PS2Si/c1-29-25-50(44(54)48-42(29)52)40-23-36(62-64(65,66)59-28-39-37(63-67(8,9)46(3,4)5)24-41(61-39)51-26-30(2)43(53)49-45(51)55)38(60-40)27-58-47(31-13-11-10-12-14-31,32-15-19-34(56-6)20-16-32)33-17-21-35(57-7)22-18-33/h10-22,25-26,36-41H,23-24,27-28H2,1-9H3,(H,65,66)(H,48,52,54)(H,49,53,55). The Hall–Kier alpha value is -4.40. The van der Waals surface area contributed by atoms with E-state index in [4.69, 9.17) is 61.2 Å². The van der Waals surface area contributed by atoms with Crippen LogP contribution in [0, 0.1) is 13.8 Å². The number of hydrogen-bond acceptors (Lipinski definition) is 13. The molecule has 0 radical (unpaired) electrons. The fourth-order valence-electron chi connectivity index (χ4n) is 8.08. The van der Waals surface area contributed by atoms with Crippen molar-refractivity contribution in [3.05, 3.63) is 161 Å². The molecule has 2 aromatic heterocycles. The summed E-state index contributed by atoms with van der Waals surface area (Å²) in [5.74, 6) is 1.32. The average Bonchev–Trinajstić information content (AvgIpc) is 3.88. The molecule has 5 aromatic rings. The van der Waals surface area contributed by atoms with Crippen molar-refractivity contribution in [1.29, 1.82) is 0 Å². The van der Waals surface area contributed by atoms with E-state index in [9.17, 15) is 19.2 Å². The molecule has 20 heteroatoms. The van der Waals surface area contributed by atoms with Gasteiger partial charge in [-0.25, -0.2) is 9.59 Å². The minimum Gasteiger partial charge on any atom is -0.497 e. The van der Waals surface area contributed by atoms with E-state index >= 15 is 0 Å². The highest BCUT2D eigenvalue weighted by Crippen LogP contribution is 2.57. The Kier molecular flexibility index (Phi) is 15.3. The van der Waals surface area contributed by atoms with E-state index in [-0.39, 0.29) is 24.7 Å². The normalized spacial score (nSPS) is 22.1. The quantitative estimate of drug-likeness (QED) is 0.0367. The average molecular weight is 995 g/mol. The maximum absolute atomic E-state index is 13.3. The first-order chi connectivity index (χ1) is 31.6. The predicted octanol–water partition coefficient (Wildman–Crippen LogP) is 7.25. The van der Waals surface area contributed by atoms with Gasteiger partial charge >= 0.3 is 11.4 Å². The monoisotopic (exact) mass is 994 g/mol. The van der Waals surface area contributed by atoms with Crippen LogP contribution in [0.3, 0.4) is 0 Å². The van der Waals surface area contributed by atoms with Gasteiger partial charge in [-0.05, 0) is 84.7 Å². The maximum Gasteiger partial charge on any atom is 0.330 e. The van der Waals surface area contributed by atoms with Crippen molar-refractivity contribution in [3.63, 3.8) is 0 Å². The molecule has 7 unspecified atom stereocenters. The van der Waals surface area contributed by atoms with Crippen molar-refractivity contribution in [1.82, 2.24) is 19.1 Å². The summed E-state index contributed by atoms with van der Waals surface area (Å²) < 4.78 is 54.1. The predicted molar refractivity (Wildman–Crippen MR) is 264 cm³/mol. The van der Waals surface area contributed by atoms with Gasteiger partial charge in [-0.1, -0.05) is 87.6 Å². The van der Waals surface area contributed by atoms with Gasteiger partial charge in [0.2, 0.25) is 5.69 Å². The highest BCUT2D eigenvalue weighted by Gasteiger charge is 2.48. The van der Waals surface area contributed by atoms with Gasteiger partial charge in [-0.3, -0.25) is 28.7 Å². The first-order valence-corrected chi connectivity index (χ1v) is 28.6. The molecule has 360 valence electrons. The van der Waals surface area contributed by atoms with E-state index < -0.39 is 79.0 Å². The van der Waals surface area contributed by atoms with Gasteiger partial charge in [0.1, 0.15) is 41.8 Å². The number of nitrogens with one attached hydrogen (secondary N) is 2. The lowest BCUT2D eigenvalue weighted by atomic mass is 9.80. The summed E-state index contributed by atoms with van der Waals surface area (Å²) in [5, 5.41) is -0.148. The Balaban J connectivity index is 1.21. The van der Waals surface area contributed by atoms with Crippen molar-refractivity contribution in [3.8, 4) is 11.5 Å². The van der Waals surface area contributed by atoms with Gasteiger partial charge in [0, 0.05) is 36.4 Å². The topological polar surface area (TPSA) is 184 Å². The molecule has 0 bridgehead atoms. The van der Waals surface area contributed by atoms with E-state index in [1.165, 1.54) is 21.5 Å². The molecular weight excluding hydrogens is 936 g/mol. The molecule has 2 fully saturated rings. The molecular formula is C47H59N4O12PS2Si. The minimum absolute atomic E-state index is 0.0858. The van der Waals surface area contributed by atoms with Gasteiger partial charge in [0.15, 0.2) is 8.32 Å². The van der Waals surface area contributed by atoms with Crippen molar-refractivity contribution in [2.45, 2.75) is 108 Å². The number of benzene rings is 3. The fourth-order valence-corrected chi connectivity index (χ4v) is 11.5. The third-order valence-corrected chi connectivity index (χ3v) is 19.6. The van der Waals surface area contributed by atoms with Crippen LogP contribution in [-0.4, -0.2) is 79.3 Å². The van der Waals surface area contributed by atoms with Gasteiger partial charge in [0.25, 0.3) is 11.1 Å². The van der Waals surface area contributed by atoms with Crippen LogP contribution in [0.1, 0.15) is 73.9 Å². The summed E-state index contributed by atoms with van der Waals surface area (Å²) in [4.78, 5) is 55.7. The molecule has 0 amide bonds. The smallest absolute Gasteiger partial charge is 0.330 e. The summed E-state index contributed by atoms with van der Waals surface area (Å²) in [5.41, 5.74) is -3.90. The van der Waals surface area contributed by atoms with Crippen molar-refractivity contribution in [2.75, 3.05) is 27.4 Å². The largest absolute Gasteiger partial charge is 0.497 e. The lowest BCUT2D eigenvalue weighted by Gasteiger charge is -2.39. The summed E-state index contributed by atoms with van der Waals surface area (Å²) in [6.45, 7) is 13.7. The molecule has 2 aliphatic heterocycles. The minimum atomic E-state index is -3.48. The number of hydrogen-bond donors (Lipinski definition) is 3. The molecule has 0 saturated carbocycles. The Bertz CT molecular complexity index is 2770. The number of H-pyrrole nitrogens is 2. The summed E-state index contributed by atoms with van der Waals surface area (Å²) in [7, 11) is 0.817. The van der Waals surface area contributed by atoms with E-state index in [0.717, 1.165) is 16.7 Å². The van der Waals surface area contributed by atoms with Crippen molar-refractivity contribution in [2.24, 2.45) is 0 Å². The molecule has 0 aliphatic carbocycles. The van der Waals surface area contributed by atoms with E-state index in [0.29, 0.717) is 29.0 Å². The highest BCUT2D eigenvalue weighted by atomic mass is 32.9. The molecule has 16 nitrogen and oxygen atoms in total. The zero-order valence-corrected chi connectivity index (χ0v) is 42.7. The Labute approximate surface area is 400 Å². The molecule has 67 heavy (non-hydrogen) atoms. The van der Waals surface area contributed by atoms with E-state index in [2.05, 4.69) is 43.8 Å². The number of ether oxygens (including phenoxy) is 5. The second-order valence-electron chi connectivity index (χ2n) is 18.3. The van der Waals surface area contributed by atoms with Crippen LogP contribution < -0.4 is 32.0 Å². The third kappa shape index (κ3) is 11.1. The highest BCUT2D eigenvalue weighted by molar-refractivity contribution is 8.60. The molecule has 0 spiro atoms. The number of nitrogens with zero attached hydrogens (tertiary/aromatic N) is 2. The number of rotatable bonds is 17. The van der Waals surface area contributed by atoms with Crippen LogP contribution in [-0.2, 0) is 45.1 Å². The molecule has 4 heterocycles. The second kappa shape index (κ2) is 20.3. The van der Waals surface area contributed by atoms with Crippen LogP contribution in [0.5, 0.6) is 11.5 Å². The molecule has 7 atom stereocenters. The van der Waals surface area contributed by atoms with Crippen molar-refractivity contribution < 1.29 is 37.2 Å². The van der Waals surface area contributed by atoms with Gasteiger partial charge in [0.05, 0.1) is 39.6 Å². The Morgan fingerprint density at radius 2 is 1.16 bits per heavy atom. The molecule has 2 aliphatic rings. The molecule has 2 saturated heterocycles. The summed E-state index contributed by atoms with van der Waals surface area (Å²) >= 11 is 10.9. The van der Waals surface area contributed by atoms with Gasteiger partial charge in [-0.15, -0.1) is 0 Å². The second-order valence-corrected chi connectivity index (χ2v) is 28.3. The van der Waals surface area contributed by atoms with Crippen LogP contribution in [0.15, 0.2) is 110 Å². The number of aromatic amines is 2. The summed E-state index contributed by atoms with van der Waals surface area (Å²) in [6, 6.07) is 25.0. The lowest BCUT2D eigenvalue weighted by molar-refractivity contribution is -0.0920. The number of aromatic nitrogens is 4.